The van der Waals surface area contributed by atoms with Crippen LogP contribution in [-0.2, 0) is 9.53 Å². The average Bonchev–Trinajstić information content (AvgIpc) is 2.28. The molecule has 17 heavy (non-hydrogen) atoms. The van der Waals surface area contributed by atoms with Gasteiger partial charge in [0, 0.05) is 24.7 Å². The number of carbonyl (C=O) groups is 1. The standard InChI is InChI=1S/C14H25NO2/c1-10-9-11(15-12(16)13(2,3)4)14(10)5-7-17-8-6-14/h10-11H,5-9H2,1-4H3,(H,15,16). The lowest BCUT2D eigenvalue weighted by molar-refractivity contribution is -0.139. The second-order valence-corrected chi connectivity index (χ2v) is 6.76. The first kappa shape index (κ1) is 12.9. The first-order valence-corrected chi connectivity index (χ1v) is 6.75. The predicted octanol–water partition coefficient (Wildman–Crippen LogP) is 2.35. The van der Waals surface area contributed by atoms with Gasteiger partial charge in [-0.15, -0.1) is 0 Å². The summed E-state index contributed by atoms with van der Waals surface area (Å²) < 4.78 is 5.46. The first-order valence-electron chi connectivity index (χ1n) is 6.75. The summed E-state index contributed by atoms with van der Waals surface area (Å²) in [5.41, 5.74) is 0.0321. The van der Waals surface area contributed by atoms with Crippen LogP contribution < -0.4 is 5.32 Å². The molecule has 2 atom stereocenters. The number of ether oxygens (including phenoxy) is 1. The van der Waals surface area contributed by atoms with E-state index in [-0.39, 0.29) is 11.3 Å². The summed E-state index contributed by atoms with van der Waals surface area (Å²) in [7, 11) is 0. The Hall–Kier alpha value is -0.570. The summed E-state index contributed by atoms with van der Waals surface area (Å²) in [5.74, 6) is 0.900. The molecule has 2 unspecified atom stereocenters. The summed E-state index contributed by atoms with van der Waals surface area (Å²) in [6.07, 6.45) is 3.33. The van der Waals surface area contributed by atoms with Crippen molar-refractivity contribution in [3.05, 3.63) is 0 Å². The average molecular weight is 239 g/mol. The molecule has 3 nitrogen and oxygen atoms in total. The second-order valence-electron chi connectivity index (χ2n) is 6.76. The maximum atomic E-state index is 12.1. The van der Waals surface area contributed by atoms with Crippen molar-refractivity contribution in [1.82, 2.24) is 5.32 Å². The molecule has 3 heteroatoms. The van der Waals surface area contributed by atoms with Gasteiger partial charge >= 0.3 is 0 Å². The molecule has 1 heterocycles. The fourth-order valence-corrected chi connectivity index (χ4v) is 3.18. The summed E-state index contributed by atoms with van der Waals surface area (Å²) in [6.45, 7) is 9.94. The van der Waals surface area contributed by atoms with Crippen LogP contribution in [-0.4, -0.2) is 25.2 Å². The van der Waals surface area contributed by atoms with Gasteiger partial charge in [0.15, 0.2) is 0 Å². The van der Waals surface area contributed by atoms with Crippen LogP contribution in [0.1, 0.15) is 47.0 Å². The molecule has 1 N–H and O–H groups in total. The van der Waals surface area contributed by atoms with Crippen LogP contribution in [0.2, 0.25) is 0 Å². The lowest BCUT2D eigenvalue weighted by Gasteiger charge is -2.57. The summed E-state index contributed by atoms with van der Waals surface area (Å²) >= 11 is 0. The van der Waals surface area contributed by atoms with Gasteiger partial charge in [-0.1, -0.05) is 27.7 Å². The highest BCUT2D eigenvalue weighted by Gasteiger charge is 2.53. The number of carbonyl (C=O) groups excluding carboxylic acids is 1. The van der Waals surface area contributed by atoms with Gasteiger partial charge in [0.25, 0.3) is 0 Å². The molecule has 0 radical (unpaired) electrons. The maximum absolute atomic E-state index is 12.1. The van der Waals surface area contributed by atoms with Gasteiger partial charge < -0.3 is 10.1 Å². The second kappa shape index (κ2) is 4.27. The van der Waals surface area contributed by atoms with E-state index in [0.717, 1.165) is 38.4 Å². The summed E-state index contributed by atoms with van der Waals surface area (Å²) in [6, 6.07) is 0.369. The number of nitrogens with one attached hydrogen (secondary N) is 1. The Kier molecular flexibility index (Phi) is 3.23. The molecule has 0 aromatic heterocycles. The number of hydrogen-bond donors (Lipinski definition) is 1. The third kappa shape index (κ3) is 2.22. The Morgan fingerprint density at radius 1 is 1.29 bits per heavy atom. The maximum Gasteiger partial charge on any atom is 0.225 e. The van der Waals surface area contributed by atoms with E-state index in [1.165, 1.54) is 0 Å². The van der Waals surface area contributed by atoms with Gasteiger partial charge in [0.2, 0.25) is 5.91 Å². The molecule has 1 saturated carbocycles. The molecule has 0 bridgehead atoms. The van der Waals surface area contributed by atoms with E-state index in [9.17, 15) is 4.79 Å². The molecule has 1 aliphatic carbocycles. The molecule has 1 amide bonds. The zero-order chi connectivity index (χ0) is 12.7. The highest BCUT2D eigenvalue weighted by atomic mass is 16.5. The smallest absolute Gasteiger partial charge is 0.225 e. The van der Waals surface area contributed by atoms with E-state index in [4.69, 9.17) is 4.74 Å². The molecule has 1 aliphatic heterocycles. The minimum Gasteiger partial charge on any atom is -0.381 e. The van der Waals surface area contributed by atoms with Crippen molar-refractivity contribution in [2.24, 2.45) is 16.7 Å². The van der Waals surface area contributed by atoms with Crippen LogP contribution in [0.4, 0.5) is 0 Å². The van der Waals surface area contributed by atoms with Crippen molar-refractivity contribution in [2.45, 2.75) is 53.0 Å². The van der Waals surface area contributed by atoms with Crippen molar-refractivity contribution in [2.75, 3.05) is 13.2 Å². The highest BCUT2D eigenvalue weighted by molar-refractivity contribution is 5.81. The van der Waals surface area contributed by atoms with E-state index >= 15 is 0 Å². The Labute approximate surface area is 104 Å². The van der Waals surface area contributed by atoms with Gasteiger partial charge in [-0.05, 0) is 30.6 Å². The van der Waals surface area contributed by atoms with E-state index in [2.05, 4.69) is 12.2 Å². The molecular formula is C14H25NO2. The molecule has 0 aromatic rings. The fraction of sp³-hybridized carbons (Fsp3) is 0.929. The molecule has 98 valence electrons. The van der Waals surface area contributed by atoms with Gasteiger partial charge in [0.05, 0.1) is 0 Å². The quantitative estimate of drug-likeness (QED) is 0.763. The van der Waals surface area contributed by atoms with Gasteiger partial charge in [-0.2, -0.15) is 0 Å². The van der Waals surface area contributed by atoms with Crippen molar-refractivity contribution >= 4 is 5.91 Å². The minimum atomic E-state index is -0.287. The fourth-order valence-electron chi connectivity index (χ4n) is 3.18. The van der Waals surface area contributed by atoms with Gasteiger partial charge in [0.1, 0.15) is 0 Å². The zero-order valence-corrected chi connectivity index (χ0v) is 11.5. The predicted molar refractivity (Wildman–Crippen MR) is 67.7 cm³/mol. The topological polar surface area (TPSA) is 38.3 Å². The van der Waals surface area contributed by atoms with E-state index < -0.39 is 0 Å². The van der Waals surface area contributed by atoms with Crippen molar-refractivity contribution < 1.29 is 9.53 Å². The van der Waals surface area contributed by atoms with Crippen LogP contribution in [0.15, 0.2) is 0 Å². The molecule has 2 aliphatic rings. The third-order valence-electron chi connectivity index (χ3n) is 4.67. The number of rotatable bonds is 1. The lowest BCUT2D eigenvalue weighted by atomic mass is 9.53. The third-order valence-corrected chi connectivity index (χ3v) is 4.67. The Bertz CT molecular complexity index is 300. The summed E-state index contributed by atoms with van der Waals surface area (Å²) in [5, 5.41) is 3.25. The van der Waals surface area contributed by atoms with Crippen LogP contribution >= 0.6 is 0 Å². The Balaban J connectivity index is 2.00. The molecule has 2 fully saturated rings. The molecule has 0 aromatic carbocycles. The normalized spacial score (nSPS) is 32.0. The van der Waals surface area contributed by atoms with E-state index in [1.54, 1.807) is 0 Å². The van der Waals surface area contributed by atoms with E-state index in [1.807, 2.05) is 20.8 Å². The highest BCUT2D eigenvalue weighted by Crippen LogP contribution is 2.53. The number of hydrogen-bond acceptors (Lipinski definition) is 2. The van der Waals surface area contributed by atoms with Crippen LogP contribution in [0.25, 0.3) is 0 Å². The zero-order valence-electron chi connectivity index (χ0n) is 11.5. The van der Waals surface area contributed by atoms with E-state index in [0.29, 0.717) is 11.5 Å². The first-order chi connectivity index (χ1) is 7.86. The number of amides is 1. The minimum absolute atomic E-state index is 0.181. The molecule has 1 saturated heterocycles. The lowest BCUT2D eigenvalue weighted by Crippen LogP contribution is -2.63. The van der Waals surface area contributed by atoms with Crippen molar-refractivity contribution in [3.63, 3.8) is 0 Å². The van der Waals surface area contributed by atoms with Gasteiger partial charge in [-0.25, -0.2) is 0 Å². The van der Waals surface area contributed by atoms with Gasteiger partial charge in [-0.3, -0.25) is 4.79 Å². The van der Waals surface area contributed by atoms with Crippen molar-refractivity contribution in [3.8, 4) is 0 Å². The molecule has 2 rings (SSSR count). The SMILES string of the molecule is CC1CC(NC(=O)C(C)(C)C)C12CCOCC2. The van der Waals surface area contributed by atoms with Crippen LogP contribution in [0, 0.1) is 16.7 Å². The summed E-state index contributed by atoms with van der Waals surface area (Å²) in [4.78, 5) is 12.1. The van der Waals surface area contributed by atoms with Crippen LogP contribution in [0.5, 0.6) is 0 Å². The largest absolute Gasteiger partial charge is 0.381 e. The molecule has 1 spiro atoms. The van der Waals surface area contributed by atoms with Crippen molar-refractivity contribution in [1.29, 1.82) is 0 Å². The Morgan fingerprint density at radius 2 is 1.88 bits per heavy atom. The monoisotopic (exact) mass is 239 g/mol. The van der Waals surface area contributed by atoms with Crippen LogP contribution in [0.3, 0.4) is 0 Å². The molecular weight excluding hydrogens is 214 g/mol. The Morgan fingerprint density at radius 3 is 2.35 bits per heavy atom.